The highest BCUT2D eigenvalue weighted by molar-refractivity contribution is 14.0. The Hall–Kier alpha value is -1.84. The van der Waals surface area contributed by atoms with Crippen molar-refractivity contribution in [3.05, 3.63) is 41.0 Å². The molecule has 7 nitrogen and oxygen atoms in total. The number of guanidine groups is 1. The van der Waals surface area contributed by atoms with Gasteiger partial charge in [0.2, 0.25) is 0 Å². The Bertz CT molecular complexity index is 830. The third-order valence-electron chi connectivity index (χ3n) is 5.16. The molecule has 1 aromatic heterocycles. The molecule has 1 aliphatic heterocycles. The van der Waals surface area contributed by atoms with Gasteiger partial charge in [0.05, 0.1) is 13.2 Å². The molecule has 1 saturated carbocycles. The molecule has 0 bridgehead atoms. The summed E-state index contributed by atoms with van der Waals surface area (Å²) in [6, 6.07) is 6.37. The highest BCUT2D eigenvalue weighted by atomic mass is 127. The third kappa shape index (κ3) is 5.15. The molecule has 0 amide bonds. The van der Waals surface area contributed by atoms with Gasteiger partial charge in [-0.05, 0) is 43.7 Å². The molecule has 1 aliphatic carbocycles. The van der Waals surface area contributed by atoms with Gasteiger partial charge in [-0.25, -0.2) is 0 Å². The quantitative estimate of drug-likeness (QED) is 0.351. The summed E-state index contributed by atoms with van der Waals surface area (Å²) in [4.78, 5) is 4.32. The number of aromatic nitrogens is 3. The standard InChI is InChI=1S/C20H28N6O.HI/c1-14-5-8-16(17(10-14)27-13-15-6-7-15)11-22-20(21-2)23-12-19-25-24-18-4-3-9-26(18)19;/h5,8,10,15H,3-4,6-7,9,11-13H2,1-2H3,(H2,21,22,23);1H. The number of benzene rings is 1. The Morgan fingerprint density at radius 1 is 1.25 bits per heavy atom. The number of hydrogen-bond donors (Lipinski definition) is 2. The SMILES string of the molecule is CN=C(NCc1ccc(C)cc1OCC1CC1)NCc1nnc2n1CCC2.I. The van der Waals surface area contributed by atoms with Crippen molar-refractivity contribution >= 4 is 29.9 Å². The largest absolute Gasteiger partial charge is 0.493 e. The normalized spacial score (nSPS) is 15.7. The molecular formula is C20H29IN6O. The zero-order valence-electron chi connectivity index (χ0n) is 16.6. The lowest BCUT2D eigenvalue weighted by Gasteiger charge is -2.15. The predicted molar refractivity (Wildman–Crippen MR) is 120 cm³/mol. The number of nitrogens with one attached hydrogen (secondary N) is 2. The highest BCUT2D eigenvalue weighted by Gasteiger charge is 2.22. The van der Waals surface area contributed by atoms with Crippen LogP contribution in [0, 0.1) is 12.8 Å². The Kier molecular flexibility index (Phi) is 7.14. The van der Waals surface area contributed by atoms with Crippen LogP contribution < -0.4 is 15.4 Å². The second kappa shape index (κ2) is 9.58. The maximum absolute atomic E-state index is 6.06. The molecule has 8 heteroatoms. The molecular weight excluding hydrogens is 467 g/mol. The first-order valence-corrected chi connectivity index (χ1v) is 9.80. The van der Waals surface area contributed by atoms with E-state index in [2.05, 4.69) is 55.5 Å². The van der Waals surface area contributed by atoms with Gasteiger partial charge in [-0.15, -0.1) is 34.2 Å². The fourth-order valence-electron chi connectivity index (χ4n) is 3.34. The number of nitrogens with zero attached hydrogens (tertiary/aromatic N) is 4. The number of fused-ring (bicyclic) bond motifs is 1. The van der Waals surface area contributed by atoms with E-state index in [1.165, 1.54) is 18.4 Å². The molecule has 1 aromatic carbocycles. The van der Waals surface area contributed by atoms with Crippen molar-refractivity contribution in [2.24, 2.45) is 10.9 Å². The first kappa shape index (κ1) is 20.9. The van der Waals surface area contributed by atoms with E-state index in [-0.39, 0.29) is 24.0 Å². The Morgan fingerprint density at radius 3 is 2.86 bits per heavy atom. The van der Waals surface area contributed by atoms with Crippen LogP contribution >= 0.6 is 24.0 Å². The maximum Gasteiger partial charge on any atom is 0.191 e. The molecule has 152 valence electrons. The summed E-state index contributed by atoms with van der Waals surface area (Å²) in [5.74, 6) is 4.52. The first-order valence-electron chi connectivity index (χ1n) is 9.80. The van der Waals surface area contributed by atoms with Crippen LogP contribution in [0.15, 0.2) is 23.2 Å². The van der Waals surface area contributed by atoms with Gasteiger partial charge >= 0.3 is 0 Å². The van der Waals surface area contributed by atoms with Crippen molar-refractivity contribution in [2.75, 3.05) is 13.7 Å². The minimum absolute atomic E-state index is 0. The molecule has 2 heterocycles. The number of halogens is 1. The van der Waals surface area contributed by atoms with Gasteiger partial charge in [-0.3, -0.25) is 4.99 Å². The molecule has 0 saturated heterocycles. The van der Waals surface area contributed by atoms with Crippen molar-refractivity contribution in [3.8, 4) is 5.75 Å². The van der Waals surface area contributed by atoms with Gasteiger partial charge in [-0.1, -0.05) is 12.1 Å². The molecule has 0 unspecified atom stereocenters. The maximum atomic E-state index is 6.06. The van der Waals surface area contributed by atoms with E-state index in [9.17, 15) is 0 Å². The summed E-state index contributed by atoms with van der Waals surface area (Å²) in [5, 5.41) is 15.2. The number of hydrogen-bond acceptors (Lipinski definition) is 4. The van der Waals surface area contributed by atoms with Gasteiger partial charge in [0.1, 0.15) is 11.6 Å². The summed E-state index contributed by atoms with van der Waals surface area (Å²) in [7, 11) is 1.78. The topological polar surface area (TPSA) is 76.4 Å². The molecule has 2 aliphatic rings. The Labute approximate surface area is 183 Å². The van der Waals surface area contributed by atoms with Gasteiger partial charge in [-0.2, -0.15) is 0 Å². The molecule has 0 atom stereocenters. The molecule has 28 heavy (non-hydrogen) atoms. The van der Waals surface area contributed by atoms with Crippen molar-refractivity contribution < 1.29 is 4.74 Å². The fraction of sp³-hybridized carbons (Fsp3) is 0.550. The average Bonchev–Trinajstić information content (AvgIpc) is 3.25. The van der Waals surface area contributed by atoms with Crippen LogP contribution in [-0.4, -0.2) is 34.4 Å². The summed E-state index contributed by atoms with van der Waals surface area (Å²) in [6.07, 6.45) is 4.77. The third-order valence-corrected chi connectivity index (χ3v) is 5.16. The van der Waals surface area contributed by atoms with Crippen molar-refractivity contribution in [1.82, 2.24) is 25.4 Å². The molecule has 4 rings (SSSR count). The zero-order valence-corrected chi connectivity index (χ0v) is 18.9. The van der Waals surface area contributed by atoms with Crippen molar-refractivity contribution in [3.63, 3.8) is 0 Å². The Morgan fingerprint density at radius 2 is 2.07 bits per heavy atom. The second-order valence-electron chi connectivity index (χ2n) is 7.43. The van der Waals surface area contributed by atoms with Gasteiger partial charge in [0, 0.05) is 32.1 Å². The van der Waals surface area contributed by atoms with E-state index in [0.717, 1.165) is 60.8 Å². The number of ether oxygens (including phenoxy) is 1. The van der Waals surface area contributed by atoms with Gasteiger partial charge in [0.25, 0.3) is 0 Å². The first-order chi connectivity index (χ1) is 13.2. The number of aryl methyl sites for hydroxylation is 2. The van der Waals surface area contributed by atoms with E-state index >= 15 is 0 Å². The summed E-state index contributed by atoms with van der Waals surface area (Å²) in [5.41, 5.74) is 2.36. The smallest absolute Gasteiger partial charge is 0.191 e. The van der Waals surface area contributed by atoms with E-state index in [0.29, 0.717) is 13.1 Å². The monoisotopic (exact) mass is 496 g/mol. The molecule has 1 fully saturated rings. The van der Waals surface area contributed by atoms with E-state index in [4.69, 9.17) is 4.74 Å². The molecule has 0 radical (unpaired) electrons. The van der Waals surface area contributed by atoms with Crippen LogP contribution in [0.1, 0.15) is 42.0 Å². The second-order valence-corrected chi connectivity index (χ2v) is 7.43. The van der Waals surface area contributed by atoms with Crippen LogP contribution in [0.25, 0.3) is 0 Å². The predicted octanol–water partition coefficient (Wildman–Crippen LogP) is 2.80. The van der Waals surface area contributed by atoms with Crippen LogP contribution in [0.5, 0.6) is 5.75 Å². The van der Waals surface area contributed by atoms with Crippen LogP contribution in [0.4, 0.5) is 0 Å². The van der Waals surface area contributed by atoms with E-state index in [1.54, 1.807) is 7.05 Å². The number of aliphatic imine (C=N–C) groups is 1. The lowest BCUT2D eigenvalue weighted by atomic mass is 10.1. The van der Waals surface area contributed by atoms with E-state index in [1.807, 2.05) is 0 Å². The van der Waals surface area contributed by atoms with Crippen molar-refractivity contribution in [1.29, 1.82) is 0 Å². The van der Waals surface area contributed by atoms with Gasteiger partial charge in [0.15, 0.2) is 11.8 Å². The minimum atomic E-state index is 0. The average molecular weight is 496 g/mol. The van der Waals surface area contributed by atoms with Crippen LogP contribution in [0.3, 0.4) is 0 Å². The highest BCUT2D eigenvalue weighted by Crippen LogP contribution is 2.30. The van der Waals surface area contributed by atoms with E-state index < -0.39 is 0 Å². The Balaban J connectivity index is 0.00000225. The summed E-state index contributed by atoms with van der Waals surface area (Å²) >= 11 is 0. The van der Waals surface area contributed by atoms with Crippen LogP contribution in [-0.2, 0) is 26.1 Å². The fourth-order valence-corrected chi connectivity index (χ4v) is 3.34. The lowest BCUT2D eigenvalue weighted by Crippen LogP contribution is -2.37. The summed E-state index contributed by atoms with van der Waals surface area (Å²) < 4.78 is 8.25. The minimum Gasteiger partial charge on any atom is -0.493 e. The lowest BCUT2D eigenvalue weighted by molar-refractivity contribution is 0.296. The molecule has 0 spiro atoms. The molecule has 2 N–H and O–H groups in total. The molecule has 2 aromatic rings. The summed E-state index contributed by atoms with van der Waals surface area (Å²) in [6.45, 7) is 5.21. The number of rotatable bonds is 7. The van der Waals surface area contributed by atoms with Crippen LogP contribution in [0.2, 0.25) is 0 Å². The zero-order chi connectivity index (χ0) is 18.6. The van der Waals surface area contributed by atoms with Crippen molar-refractivity contribution in [2.45, 2.75) is 52.2 Å². The van der Waals surface area contributed by atoms with Gasteiger partial charge < -0.3 is 19.9 Å².